The zero-order chi connectivity index (χ0) is 18.0. The van der Waals surface area contributed by atoms with E-state index in [-0.39, 0.29) is 0 Å². The summed E-state index contributed by atoms with van der Waals surface area (Å²) in [4.78, 5) is 16.5. The lowest BCUT2D eigenvalue weighted by Gasteiger charge is -2.13. The summed E-state index contributed by atoms with van der Waals surface area (Å²) < 4.78 is 7.53. The summed E-state index contributed by atoms with van der Waals surface area (Å²) in [6.07, 6.45) is 1.71. The summed E-state index contributed by atoms with van der Waals surface area (Å²) in [6, 6.07) is 13.5. The van der Waals surface area contributed by atoms with E-state index in [1.807, 2.05) is 56.3 Å². The van der Waals surface area contributed by atoms with E-state index in [4.69, 9.17) is 10.5 Å². The zero-order valence-corrected chi connectivity index (χ0v) is 14.6. The number of carbonyl (C=O) groups is 1. The maximum Gasteiger partial charge on any atom is 0.251 e. The van der Waals surface area contributed by atoms with E-state index in [1.165, 1.54) is 0 Å². The van der Waals surface area contributed by atoms with Crippen LogP contribution in [0.5, 0.6) is 5.75 Å². The van der Waals surface area contributed by atoms with Gasteiger partial charge in [-0.05, 0) is 32.0 Å². The Morgan fingerprint density at radius 2 is 1.84 bits per heavy atom. The minimum atomic E-state index is -0.444. The molecule has 0 spiro atoms. The van der Waals surface area contributed by atoms with Crippen molar-refractivity contribution in [3.63, 3.8) is 0 Å². The van der Waals surface area contributed by atoms with Gasteiger partial charge in [-0.1, -0.05) is 24.3 Å². The number of aromatic nitrogens is 2. The zero-order valence-electron chi connectivity index (χ0n) is 14.6. The molecular weight excluding hydrogens is 314 g/mol. The van der Waals surface area contributed by atoms with Crippen LogP contribution in [0.3, 0.4) is 0 Å². The first-order valence-electron chi connectivity index (χ1n) is 8.07. The van der Waals surface area contributed by atoms with Crippen molar-refractivity contribution in [2.24, 2.45) is 5.73 Å². The Hall–Kier alpha value is -3.08. The molecule has 0 saturated heterocycles. The molecule has 5 heteroatoms. The van der Waals surface area contributed by atoms with Crippen LogP contribution in [0.2, 0.25) is 0 Å². The molecule has 0 aliphatic rings. The van der Waals surface area contributed by atoms with Gasteiger partial charge < -0.3 is 15.0 Å². The highest BCUT2D eigenvalue weighted by Gasteiger charge is 2.23. The third-order valence-corrected chi connectivity index (χ3v) is 4.47. The van der Waals surface area contributed by atoms with Gasteiger partial charge in [0.15, 0.2) is 0 Å². The number of nitrogens with two attached hydrogens (primary N) is 1. The fourth-order valence-corrected chi connectivity index (χ4v) is 3.25. The molecule has 2 aromatic heterocycles. The van der Waals surface area contributed by atoms with Crippen LogP contribution in [0.25, 0.3) is 11.3 Å². The molecule has 128 valence electrons. The van der Waals surface area contributed by atoms with Gasteiger partial charge in [0.05, 0.1) is 24.9 Å². The van der Waals surface area contributed by atoms with Crippen molar-refractivity contribution in [1.29, 1.82) is 0 Å². The summed E-state index contributed by atoms with van der Waals surface area (Å²) in [5, 5.41) is 0. The number of hydrogen-bond acceptors (Lipinski definition) is 3. The summed E-state index contributed by atoms with van der Waals surface area (Å²) in [7, 11) is 1.66. The van der Waals surface area contributed by atoms with Crippen LogP contribution < -0.4 is 10.5 Å². The highest BCUT2D eigenvalue weighted by Crippen LogP contribution is 2.32. The van der Waals surface area contributed by atoms with Gasteiger partial charge in [-0.2, -0.15) is 0 Å². The van der Waals surface area contributed by atoms with E-state index >= 15 is 0 Å². The summed E-state index contributed by atoms with van der Waals surface area (Å²) in [5.74, 6) is 0.370. The Labute approximate surface area is 147 Å². The van der Waals surface area contributed by atoms with E-state index < -0.39 is 5.91 Å². The predicted molar refractivity (Wildman–Crippen MR) is 97.8 cm³/mol. The smallest absolute Gasteiger partial charge is 0.251 e. The van der Waals surface area contributed by atoms with Crippen molar-refractivity contribution >= 4 is 5.91 Å². The Kier molecular flexibility index (Phi) is 4.57. The standard InChI is InChI=1S/C20H21N3O2/c1-13-18(16-9-6-7-11-22-16)19(20(21)24)14(2)23(13)12-15-8-4-5-10-17(15)25-3/h4-11H,12H2,1-3H3,(H2,21,24). The van der Waals surface area contributed by atoms with Crippen LogP contribution in [-0.2, 0) is 6.54 Å². The van der Waals surface area contributed by atoms with E-state index in [9.17, 15) is 4.79 Å². The second kappa shape index (κ2) is 6.81. The molecule has 3 rings (SSSR count). The van der Waals surface area contributed by atoms with Gasteiger partial charge in [-0.3, -0.25) is 9.78 Å². The molecule has 25 heavy (non-hydrogen) atoms. The summed E-state index contributed by atoms with van der Waals surface area (Å²) >= 11 is 0. The first kappa shape index (κ1) is 16.8. The number of carbonyl (C=O) groups excluding carboxylic acids is 1. The normalized spacial score (nSPS) is 10.7. The van der Waals surface area contributed by atoms with Gasteiger partial charge in [-0.15, -0.1) is 0 Å². The molecule has 0 atom stereocenters. The number of hydrogen-bond donors (Lipinski definition) is 1. The highest BCUT2D eigenvalue weighted by atomic mass is 16.5. The lowest BCUT2D eigenvalue weighted by atomic mass is 10.0. The van der Waals surface area contributed by atoms with Crippen molar-refractivity contribution in [3.05, 3.63) is 71.2 Å². The number of rotatable bonds is 5. The molecular formula is C20H21N3O2. The first-order valence-corrected chi connectivity index (χ1v) is 8.07. The quantitative estimate of drug-likeness (QED) is 0.777. The van der Waals surface area contributed by atoms with Crippen LogP contribution in [0.4, 0.5) is 0 Å². The monoisotopic (exact) mass is 335 g/mol. The van der Waals surface area contributed by atoms with Crippen molar-refractivity contribution in [2.45, 2.75) is 20.4 Å². The Balaban J connectivity index is 2.17. The van der Waals surface area contributed by atoms with Crippen molar-refractivity contribution in [1.82, 2.24) is 9.55 Å². The highest BCUT2D eigenvalue weighted by molar-refractivity contribution is 6.01. The molecule has 1 aromatic carbocycles. The second-order valence-electron chi connectivity index (χ2n) is 5.90. The molecule has 0 saturated carbocycles. The Morgan fingerprint density at radius 1 is 1.12 bits per heavy atom. The Morgan fingerprint density at radius 3 is 2.48 bits per heavy atom. The van der Waals surface area contributed by atoms with Gasteiger partial charge in [-0.25, -0.2) is 0 Å². The minimum absolute atomic E-state index is 0.444. The van der Waals surface area contributed by atoms with Crippen LogP contribution in [0, 0.1) is 13.8 Å². The number of primary amides is 1. The molecule has 0 radical (unpaired) electrons. The molecule has 5 nitrogen and oxygen atoms in total. The molecule has 0 fully saturated rings. The number of benzene rings is 1. The third-order valence-electron chi connectivity index (χ3n) is 4.47. The van der Waals surface area contributed by atoms with Crippen LogP contribution in [0.1, 0.15) is 27.3 Å². The summed E-state index contributed by atoms with van der Waals surface area (Å²) in [5.41, 5.74) is 10.6. The molecule has 1 amide bonds. The second-order valence-corrected chi connectivity index (χ2v) is 5.90. The number of nitrogens with zero attached hydrogens (tertiary/aromatic N) is 2. The molecule has 2 heterocycles. The van der Waals surface area contributed by atoms with Gasteiger partial charge in [0, 0.05) is 28.7 Å². The fraction of sp³-hybridized carbons (Fsp3) is 0.200. The van der Waals surface area contributed by atoms with Gasteiger partial charge >= 0.3 is 0 Å². The van der Waals surface area contributed by atoms with E-state index in [0.717, 1.165) is 34.0 Å². The maximum absolute atomic E-state index is 12.1. The molecule has 0 unspecified atom stereocenters. The lowest BCUT2D eigenvalue weighted by molar-refractivity contribution is 0.1000. The fourth-order valence-electron chi connectivity index (χ4n) is 3.25. The first-order chi connectivity index (χ1) is 12.0. The maximum atomic E-state index is 12.1. The third kappa shape index (κ3) is 3.01. The molecule has 0 aliphatic carbocycles. The number of pyridine rings is 1. The SMILES string of the molecule is COc1ccccc1Cn1c(C)c(C(N)=O)c(-c2ccccn2)c1C. The number of para-hydroxylation sites is 1. The Bertz CT molecular complexity index is 914. The van der Waals surface area contributed by atoms with Crippen LogP contribution in [-0.4, -0.2) is 22.6 Å². The minimum Gasteiger partial charge on any atom is -0.496 e. The molecule has 2 N–H and O–H groups in total. The molecule has 3 aromatic rings. The molecule has 0 bridgehead atoms. The largest absolute Gasteiger partial charge is 0.496 e. The number of amides is 1. The molecule has 0 aliphatic heterocycles. The van der Waals surface area contributed by atoms with Crippen molar-refractivity contribution < 1.29 is 9.53 Å². The number of methoxy groups -OCH3 is 1. The lowest BCUT2D eigenvalue weighted by Crippen LogP contribution is -2.14. The number of ether oxygens (including phenoxy) is 1. The average molecular weight is 335 g/mol. The van der Waals surface area contributed by atoms with E-state index in [1.54, 1.807) is 13.3 Å². The van der Waals surface area contributed by atoms with E-state index in [0.29, 0.717) is 12.1 Å². The average Bonchev–Trinajstić information content (AvgIpc) is 2.87. The van der Waals surface area contributed by atoms with Crippen LogP contribution in [0.15, 0.2) is 48.7 Å². The van der Waals surface area contributed by atoms with Gasteiger partial charge in [0.1, 0.15) is 5.75 Å². The predicted octanol–water partition coefficient (Wildman–Crippen LogP) is 3.32. The topological polar surface area (TPSA) is 70.1 Å². The van der Waals surface area contributed by atoms with Crippen molar-refractivity contribution in [3.8, 4) is 17.0 Å². The van der Waals surface area contributed by atoms with E-state index in [2.05, 4.69) is 9.55 Å². The summed E-state index contributed by atoms with van der Waals surface area (Å²) in [6.45, 7) is 4.49. The van der Waals surface area contributed by atoms with Gasteiger partial charge in [0.2, 0.25) is 0 Å². The van der Waals surface area contributed by atoms with Gasteiger partial charge in [0.25, 0.3) is 5.91 Å². The van der Waals surface area contributed by atoms with Crippen molar-refractivity contribution in [2.75, 3.05) is 7.11 Å². The van der Waals surface area contributed by atoms with Crippen LogP contribution >= 0.6 is 0 Å².